The number of aromatic nitrogens is 1. The first-order valence-electron chi connectivity index (χ1n) is 3.98. The fourth-order valence-corrected chi connectivity index (χ4v) is 1.37. The zero-order valence-corrected chi connectivity index (χ0v) is 7.04. The second-order valence-corrected chi connectivity index (χ2v) is 2.99. The first-order valence-corrected chi connectivity index (χ1v) is 3.98. The van der Waals surface area contributed by atoms with Gasteiger partial charge in [-0.1, -0.05) is 0 Å². The molecule has 0 aromatic carbocycles. The Kier molecular flexibility index (Phi) is 1.53. The predicted molar refractivity (Wildman–Crippen MR) is 50.4 cm³/mol. The third-order valence-corrected chi connectivity index (χ3v) is 2.01. The average molecular weight is 164 g/mol. The van der Waals surface area contributed by atoms with E-state index in [4.69, 9.17) is 5.73 Å². The molecule has 4 heteroatoms. The summed E-state index contributed by atoms with van der Waals surface area (Å²) in [6, 6.07) is 1.91. The summed E-state index contributed by atoms with van der Waals surface area (Å²) >= 11 is 0. The van der Waals surface area contributed by atoms with Crippen molar-refractivity contribution < 1.29 is 0 Å². The van der Waals surface area contributed by atoms with Crippen LogP contribution in [0.2, 0.25) is 0 Å². The van der Waals surface area contributed by atoms with E-state index < -0.39 is 0 Å². The van der Waals surface area contributed by atoms with E-state index in [2.05, 4.69) is 15.2 Å². The molecule has 0 radical (unpaired) electrons. The van der Waals surface area contributed by atoms with Gasteiger partial charge >= 0.3 is 0 Å². The molecule has 1 aliphatic heterocycles. The maximum atomic E-state index is 5.61. The summed E-state index contributed by atoms with van der Waals surface area (Å²) < 4.78 is 0. The van der Waals surface area contributed by atoms with E-state index >= 15 is 0 Å². The minimum Gasteiger partial charge on any atom is -0.397 e. The van der Waals surface area contributed by atoms with Gasteiger partial charge in [0.25, 0.3) is 0 Å². The summed E-state index contributed by atoms with van der Waals surface area (Å²) in [6.45, 7) is 1.94. The Morgan fingerprint density at radius 2 is 2.50 bits per heavy atom. The number of hydrogen-bond acceptors (Lipinski definition) is 4. The van der Waals surface area contributed by atoms with Gasteiger partial charge < -0.3 is 16.0 Å². The van der Waals surface area contributed by atoms with E-state index in [-0.39, 0.29) is 0 Å². The summed E-state index contributed by atoms with van der Waals surface area (Å²) in [5, 5.41) is 3.25. The maximum Gasteiger partial charge on any atom is 0.151 e. The molecule has 2 rings (SSSR count). The van der Waals surface area contributed by atoms with Crippen molar-refractivity contribution in [2.75, 3.05) is 36.1 Å². The summed E-state index contributed by atoms with van der Waals surface area (Å²) in [5.74, 6) is 0.982. The van der Waals surface area contributed by atoms with Crippen LogP contribution in [0, 0.1) is 0 Å². The third kappa shape index (κ3) is 1.05. The van der Waals surface area contributed by atoms with Gasteiger partial charge in [-0.05, 0) is 6.07 Å². The number of fused-ring (bicyclic) bond motifs is 1. The SMILES string of the molecule is CN1CCNc2cc(N)cnc21. The summed E-state index contributed by atoms with van der Waals surface area (Å²) in [6.07, 6.45) is 1.68. The Bertz CT molecular complexity index is 297. The molecule has 0 amide bonds. The van der Waals surface area contributed by atoms with Crippen LogP contribution in [-0.2, 0) is 0 Å². The van der Waals surface area contributed by atoms with Crippen molar-refractivity contribution >= 4 is 17.2 Å². The number of nitrogens with two attached hydrogens (primary N) is 1. The van der Waals surface area contributed by atoms with Gasteiger partial charge in [-0.3, -0.25) is 0 Å². The molecule has 0 bridgehead atoms. The van der Waals surface area contributed by atoms with Crippen LogP contribution in [0.5, 0.6) is 0 Å². The maximum absolute atomic E-state index is 5.61. The van der Waals surface area contributed by atoms with Gasteiger partial charge in [0.1, 0.15) is 0 Å². The minimum absolute atomic E-state index is 0.705. The highest BCUT2D eigenvalue weighted by atomic mass is 15.2. The fraction of sp³-hybridized carbons (Fsp3) is 0.375. The van der Waals surface area contributed by atoms with Crippen LogP contribution in [0.25, 0.3) is 0 Å². The van der Waals surface area contributed by atoms with Crippen molar-refractivity contribution in [2.24, 2.45) is 0 Å². The molecule has 0 spiro atoms. The molecule has 0 fully saturated rings. The Balaban J connectivity index is 2.46. The average Bonchev–Trinajstić information content (AvgIpc) is 2.04. The Hall–Kier alpha value is -1.45. The van der Waals surface area contributed by atoms with Crippen molar-refractivity contribution in [3.63, 3.8) is 0 Å². The number of nitrogens with one attached hydrogen (secondary N) is 1. The normalized spacial score (nSPS) is 15.2. The topological polar surface area (TPSA) is 54.2 Å². The lowest BCUT2D eigenvalue weighted by atomic mass is 10.3. The lowest BCUT2D eigenvalue weighted by molar-refractivity contribution is 0.865. The number of nitrogens with zero attached hydrogens (tertiary/aromatic N) is 2. The van der Waals surface area contributed by atoms with Crippen molar-refractivity contribution in [3.8, 4) is 0 Å². The second kappa shape index (κ2) is 2.55. The fourth-order valence-electron chi connectivity index (χ4n) is 1.37. The van der Waals surface area contributed by atoms with Crippen LogP contribution in [0.1, 0.15) is 0 Å². The van der Waals surface area contributed by atoms with Crippen LogP contribution in [-0.4, -0.2) is 25.1 Å². The van der Waals surface area contributed by atoms with E-state index in [1.807, 2.05) is 13.1 Å². The van der Waals surface area contributed by atoms with E-state index in [1.165, 1.54) is 0 Å². The van der Waals surface area contributed by atoms with Gasteiger partial charge in [-0.15, -0.1) is 0 Å². The first-order chi connectivity index (χ1) is 5.77. The quantitative estimate of drug-likeness (QED) is 0.587. The number of likely N-dealkylation sites (N-methyl/N-ethyl adjacent to an activating group) is 1. The molecule has 12 heavy (non-hydrogen) atoms. The van der Waals surface area contributed by atoms with Gasteiger partial charge in [0.05, 0.1) is 17.6 Å². The highest BCUT2D eigenvalue weighted by molar-refractivity contribution is 5.70. The zero-order chi connectivity index (χ0) is 8.55. The standard InChI is InChI=1S/C8H12N4/c1-12-3-2-10-7-4-6(9)5-11-8(7)12/h4-5,10H,2-3,9H2,1H3. The number of pyridine rings is 1. The summed E-state index contributed by atoms with van der Waals surface area (Å²) in [4.78, 5) is 6.35. The Morgan fingerprint density at radius 1 is 1.67 bits per heavy atom. The van der Waals surface area contributed by atoms with Gasteiger partial charge in [0.2, 0.25) is 0 Å². The molecule has 1 aliphatic rings. The van der Waals surface area contributed by atoms with Crippen molar-refractivity contribution in [1.29, 1.82) is 0 Å². The monoisotopic (exact) mass is 164 g/mol. The van der Waals surface area contributed by atoms with Gasteiger partial charge in [0.15, 0.2) is 5.82 Å². The van der Waals surface area contributed by atoms with Gasteiger partial charge in [-0.2, -0.15) is 0 Å². The van der Waals surface area contributed by atoms with Crippen LogP contribution in [0.4, 0.5) is 17.2 Å². The molecule has 0 atom stereocenters. The number of hydrogen-bond donors (Lipinski definition) is 2. The van der Waals surface area contributed by atoms with E-state index in [0.717, 1.165) is 24.6 Å². The third-order valence-electron chi connectivity index (χ3n) is 2.01. The van der Waals surface area contributed by atoms with E-state index in [9.17, 15) is 0 Å². The second-order valence-electron chi connectivity index (χ2n) is 2.99. The number of rotatable bonds is 0. The molecule has 1 aromatic rings. The Labute approximate surface area is 71.4 Å². The first kappa shape index (κ1) is 7.21. The largest absolute Gasteiger partial charge is 0.397 e. The van der Waals surface area contributed by atoms with Crippen molar-refractivity contribution in [1.82, 2.24) is 4.98 Å². The molecule has 0 saturated carbocycles. The number of anilines is 3. The van der Waals surface area contributed by atoms with Crippen LogP contribution < -0.4 is 16.0 Å². The highest BCUT2D eigenvalue weighted by Crippen LogP contribution is 2.26. The smallest absolute Gasteiger partial charge is 0.151 e. The van der Waals surface area contributed by atoms with Crippen molar-refractivity contribution in [2.45, 2.75) is 0 Å². The lowest BCUT2D eigenvalue weighted by Crippen LogP contribution is -2.31. The highest BCUT2D eigenvalue weighted by Gasteiger charge is 2.13. The van der Waals surface area contributed by atoms with Gasteiger partial charge in [0, 0.05) is 20.1 Å². The molecular formula is C8H12N4. The molecular weight excluding hydrogens is 152 g/mol. The molecule has 64 valence electrons. The Morgan fingerprint density at radius 3 is 3.33 bits per heavy atom. The van der Waals surface area contributed by atoms with E-state index in [0.29, 0.717) is 5.69 Å². The molecule has 3 N–H and O–H groups in total. The molecule has 0 saturated heterocycles. The number of nitrogen functional groups attached to an aromatic ring is 1. The lowest BCUT2D eigenvalue weighted by Gasteiger charge is -2.27. The van der Waals surface area contributed by atoms with Crippen LogP contribution in [0.15, 0.2) is 12.3 Å². The van der Waals surface area contributed by atoms with Crippen LogP contribution >= 0.6 is 0 Å². The summed E-state index contributed by atoms with van der Waals surface area (Å²) in [5.41, 5.74) is 7.34. The molecule has 0 aliphatic carbocycles. The summed E-state index contributed by atoms with van der Waals surface area (Å²) in [7, 11) is 2.03. The minimum atomic E-state index is 0.705. The predicted octanol–water partition coefficient (Wildman–Crippen LogP) is 0.525. The molecule has 1 aromatic heterocycles. The molecule has 0 unspecified atom stereocenters. The molecule has 2 heterocycles. The van der Waals surface area contributed by atoms with Crippen LogP contribution in [0.3, 0.4) is 0 Å². The zero-order valence-electron chi connectivity index (χ0n) is 7.04. The molecule has 4 nitrogen and oxygen atoms in total. The van der Waals surface area contributed by atoms with Crippen molar-refractivity contribution in [3.05, 3.63) is 12.3 Å². The van der Waals surface area contributed by atoms with Gasteiger partial charge in [-0.25, -0.2) is 4.98 Å². The van der Waals surface area contributed by atoms with E-state index in [1.54, 1.807) is 6.20 Å².